The molecule has 1 amide bonds. The van der Waals surface area contributed by atoms with Crippen molar-refractivity contribution in [2.24, 2.45) is 0 Å². The van der Waals surface area contributed by atoms with Crippen LogP contribution < -0.4 is 0 Å². The van der Waals surface area contributed by atoms with Gasteiger partial charge in [0.15, 0.2) is 0 Å². The molecule has 0 aromatic heterocycles. The molecule has 0 radical (unpaired) electrons. The van der Waals surface area contributed by atoms with E-state index in [1.807, 2.05) is 29.2 Å². The minimum Gasteiger partial charge on any atom is -0.466 e. The molecule has 21 heavy (non-hydrogen) atoms. The monoisotopic (exact) mass is 399 g/mol. The van der Waals surface area contributed by atoms with Crippen molar-refractivity contribution in [1.29, 1.82) is 0 Å². The molecule has 5 heteroatoms. The van der Waals surface area contributed by atoms with Gasteiger partial charge in [0.1, 0.15) is 0 Å². The van der Waals surface area contributed by atoms with Crippen molar-refractivity contribution in [1.82, 2.24) is 4.90 Å². The summed E-state index contributed by atoms with van der Waals surface area (Å²) in [7, 11) is 1.35. The normalized spacial score (nSPS) is 18.8. The van der Waals surface area contributed by atoms with Crippen molar-refractivity contribution in [2.45, 2.75) is 25.3 Å². The fourth-order valence-electron chi connectivity index (χ4n) is 2.46. The Morgan fingerprint density at radius 1 is 1.33 bits per heavy atom. The Balaban J connectivity index is 2.18. The van der Waals surface area contributed by atoms with E-state index >= 15 is 0 Å². The Hall–Kier alpha value is -1.37. The SMILES string of the molecule is COC(=O)/C=C/[C@@H]1CCCCN1C(=O)c1ccccc1I. The lowest BCUT2D eigenvalue weighted by molar-refractivity contribution is -0.134. The smallest absolute Gasteiger partial charge is 0.330 e. The van der Waals surface area contributed by atoms with Crippen molar-refractivity contribution in [3.8, 4) is 0 Å². The number of likely N-dealkylation sites (tertiary alicyclic amines) is 1. The van der Waals surface area contributed by atoms with E-state index in [0.29, 0.717) is 0 Å². The second-order valence-corrected chi connectivity index (χ2v) is 6.09. The zero-order valence-corrected chi connectivity index (χ0v) is 14.1. The molecule has 1 fully saturated rings. The quantitative estimate of drug-likeness (QED) is 0.446. The fourth-order valence-corrected chi connectivity index (χ4v) is 3.07. The first-order valence-electron chi connectivity index (χ1n) is 6.95. The summed E-state index contributed by atoms with van der Waals surface area (Å²) in [5.41, 5.74) is 0.719. The standard InChI is InChI=1S/C16H18INO3/c1-21-15(19)10-9-12-6-4-5-11-18(12)16(20)13-7-2-3-8-14(13)17/h2-3,7-10,12H,4-6,11H2,1H3/b10-9+/t12-/m0/s1. The van der Waals surface area contributed by atoms with Gasteiger partial charge in [0.2, 0.25) is 0 Å². The molecule has 1 aromatic carbocycles. The first kappa shape index (κ1) is 16.0. The number of nitrogens with zero attached hydrogens (tertiary/aromatic N) is 1. The second kappa shape index (κ2) is 7.59. The lowest BCUT2D eigenvalue weighted by atomic mass is 10.0. The molecule has 1 aliphatic heterocycles. The topological polar surface area (TPSA) is 46.6 Å². The Kier molecular flexibility index (Phi) is 5.78. The Bertz CT molecular complexity index is 556. The van der Waals surface area contributed by atoms with Crippen molar-refractivity contribution < 1.29 is 14.3 Å². The van der Waals surface area contributed by atoms with Gasteiger partial charge >= 0.3 is 5.97 Å². The van der Waals surface area contributed by atoms with Crippen LogP contribution in [0.4, 0.5) is 0 Å². The average molecular weight is 399 g/mol. The number of benzene rings is 1. The number of rotatable bonds is 3. The number of hydrogen-bond donors (Lipinski definition) is 0. The zero-order valence-electron chi connectivity index (χ0n) is 11.9. The number of carbonyl (C=O) groups is 2. The van der Waals surface area contributed by atoms with Gasteiger partial charge in [-0.25, -0.2) is 4.79 Å². The van der Waals surface area contributed by atoms with Crippen LogP contribution in [0.2, 0.25) is 0 Å². The summed E-state index contributed by atoms with van der Waals surface area (Å²) in [5.74, 6) is -0.360. The summed E-state index contributed by atoms with van der Waals surface area (Å²) in [6, 6.07) is 7.53. The maximum Gasteiger partial charge on any atom is 0.330 e. The zero-order chi connectivity index (χ0) is 15.2. The minimum absolute atomic E-state index is 0.0271. The molecule has 0 aliphatic carbocycles. The van der Waals surface area contributed by atoms with Crippen molar-refractivity contribution in [3.63, 3.8) is 0 Å². The van der Waals surface area contributed by atoms with E-state index < -0.39 is 0 Å². The molecule has 2 rings (SSSR count). The van der Waals surface area contributed by atoms with E-state index in [1.165, 1.54) is 13.2 Å². The van der Waals surface area contributed by atoms with Gasteiger partial charge in [-0.3, -0.25) is 4.79 Å². The molecule has 1 heterocycles. The number of hydrogen-bond acceptors (Lipinski definition) is 3. The molecule has 0 saturated carbocycles. The molecule has 1 atom stereocenters. The van der Waals surface area contributed by atoms with E-state index in [-0.39, 0.29) is 17.9 Å². The first-order chi connectivity index (χ1) is 10.1. The van der Waals surface area contributed by atoms with Gasteiger partial charge in [0.25, 0.3) is 5.91 Å². The molecular weight excluding hydrogens is 381 g/mol. The third kappa shape index (κ3) is 4.06. The summed E-state index contributed by atoms with van der Waals surface area (Å²) < 4.78 is 5.56. The van der Waals surface area contributed by atoms with Gasteiger partial charge in [-0.2, -0.15) is 0 Å². The molecular formula is C16H18INO3. The molecule has 0 bridgehead atoms. The van der Waals surface area contributed by atoms with Gasteiger partial charge in [0, 0.05) is 16.2 Å². The number of carbonyl (C=O) groups excluding carboxylic acids is 2. The summed E-state index contributed by atoms with van der Waals surface area (Å²) in [5, 5.41) is 0. The predicted octanol–water partition coefficient (Wildman–Crippen LogP) is 3.02. The minimum atomic E-state index is -0.387. The summed E-state index contributed by atoms with van der Waals surface area (Å²) in [4.78, 5) is 25.8. The van der Waals surface area contributed by atoms with Crippen LogP contribution >= 0.6 is 22.6 Å². The highest BCUT2D eigenvalue weighted by Gasteiger charge is 2.26. The van der Waals surface area contributed by atoms with Crippen LogP contribution in [0.1, 0.15) is 29.6 Å². The van der Waals surface area contributed by atoms with E-state index in [1.54, 1.807) is 6.08 Å². The number of halogens is 1. The fraction of sp³-hybridized carbons (Fsp3) is 0.375. The third-order valence-electron chi connectivity index (χ3n) is 3.57. The average Bonchev–Trinajstić information content (AvgIpc) is 2.52. The van der Waals surface area contributed by atoms with Crippen LogP contribution in [0.5, 0.6) is 0 Å². The Morgan fingerprint density at radius 2 is 2.10 bits per heavy atom. The number of esters is 1. The number of piperidine rings is 1. The van der Waals surface area contributed by atoms with Crippen LogP contribution in [-0.4, -0.2) is 36.5 Å². The van der Waals surface area contributed by atoms with Gasteiger partial charge in [0.05, 0.1) is 18.7 Å². The van der Waals surface area contributed by atoms with E-state index in [9.17, 15) is 9.59 Å². The van der Waals surface area contributed by atoms with Gasteiger partial charge < -0.3 is 9.64 Å². The molecule has 1 aliphatic rings. The number of amides is 1. The van der Waals surface area contributed by atoms with Crippen LogP contribution in [0.25, 0.3) is 0 Å². The van der Waals surface area contributed by atoms with Crippen LogP contribution in [0.3, 0.4) is 0 Å². The van der Waals surface area contributed by atoms with Crippen molar-refractivity contribution in [3.05, 3.63) is 45.6 Å². The molecule has 1 aromatic rings. The van der Waals surface area contributed by atoms with Gasteiger partial charge in [-0.1, -0.05) is 18.2 Å². The molecule has 0 unspecified atom stereocenters. The van der Waals surface area contributed by atoms with Crippen LogP contribution in [0.15, 0.2) is 36.4 Å². The van der Waals surface area contributed by atoms with Crippen LogP contribution in [-0.2, 0) is 9.53 Å². The van der Waals surface area contributed by atoms with Crippen molar-refractivity contribution >= 4 is 34.5 Å². The highest BCUT2D eigenvalue weighted by Crippen LogP contribution is 2.22. The molecule has 0 N–H and O–H groups in total. The molecule has 4 nitrogen and oxygen atoms in total. The van der Waals surface area contributed by atoms with Gasteiger partial charge in [-0.15, -0.1) is 0 Å². The number of methoxy groups -OCH3 is 1. The summed E-state index contributed by atoms with van der Waals surface area (Å²) in [6.45, 7) is 0.722. The molecule has 112 valence electrons. The highest BCUT2D eigenvalue weighted by atomic mass is 127. The summed E-state index contributed by atoms with van der Waals surface area (Å²) >= 11 is 2.18. The Morgan fingerprint density at radius 3 is 2.81 bits per heavy atom. The Labute approximate surface area is 138 Å². The molecule has 1 saturated heterocycles. The number of ether oxygens (including phenoxy) is 1. The van der Waals surface area contributed by atoms with E-state index in [0.717, 1.165) is 34.9 Å². The maximum absolute atomic E-state index is 12.7. The third-order valence-corrected chi connectivity index (χ3v) is 4.51. The largest absolute Gasteiger partial charge is 0.466 e. The van der Waals surface area contributed by atoms with Crippen LogP contribution in [0, 0.1) is 3.57 Å². The predicted molar refractivity (Wildman–Crippen MR) is 89.0 cm³/mol. The first-order valence-corrected chi connectivity index (χ1v) is 8.03. The summed E-state index contributed by atoms with van der Waals surface area (Å²) in [6.07, 6.45) is 6.12. The van der Waals surface area contributed by atoms with E-state index in [2.05, 4.69) is 27.3 Å². The lowest BCUT2D eigenvalue weighted by Gasteiger charge is -2.34. The maximum atomic E-state index is 12.7. The second-order valence-electron chi connectivity index (χ2n) is 4.92. The van der Waals surface area contributed by atoms with Gasteiger partial charge in [-0.05, 0) is 54.0 Å². The lowest BCUT2D eigenvalue weighted by Crippen LogP contribution is -2.43. The highest BCUT2D eigenvalue weighted by molar-refractivity contribution is 14.1. The van der Waals surface area contributed by atoms with Crippen molar-refractivity contribution in [2.75, 3.05) is 13.7 Å². The van der Waals surface area contributed by atoms with E-state index in [4.69, 9.17) is 0 Å². The molecule has 0 spiro atoms.